The Balaban J connectivity index is 2.47. The number of hydrogen-bond donors (Lipinski definition) is 1. The first kappa shape index (κ1) is 11.0. The van der Waals surface area contributed by atoms with E-state index in [0.29, 0.717) is 11.6 Å². The van der Waals surface area contributed by atoms with Gasteiger partial charge in [-0.2, -0.15) is 0 Å². The van der Waals surface area contributed by atoms with Crippen LogP contribution in [-0.2, 0) is 6.54 Å². The maximum absolute atomic E-state index is 6.08. The van der Waals surface area contributed by atoms with Crippen LogP contribution in [0.2, 0.25) is 10.0 Å². The minimum Gasteiger partial charge on any atom is -0.326 e. The highest BCUT2D eigenvalue weighted by Gasteiger charge is 2.07. The lowest BCUT2D eigenvalue weighted by atomic mass is 10.1. The maximum atomic E-state index is 6.08. The Morgan fingerprint density at radius 1 is 1.13 bits per heavy atom. The first-order valence-electron chi connectivity index (χ1n) is 4.44. The van der Waals surface area contributed by atoms with Crippen molar-refractivity contribution in [3.63, 3.8) is 0 Å². The molecule has 4 heteroatoms. The average molecular weight is 258 g/mol. The van der Waals surface area contributed by atoms with Gasteiger partial charge in [0.1, 0.15) is 0 Å². The van der Waals surface area contributed by atoms with Crippen molar-refractivity contribution < 1.29 is 0 Å². The molecule has 2 rings (SSSR count). The summed E-state index contributed by atoms with van der Waals surface area (Å²) < 4.78 is 0. The van der Waals surface area contributed by atoms with Crippen molar-refractivity contribution in [1.29, 1.82) is 0 Å². The third kappa shape index (κ3) is 2.18. The van der Waals surface area contributed by atoms with E-state index in [9.17, 15) is 0 Å². The summed E-state index contributed by atoms with van der Waals surface area (Å²) in [7, 11) is 0. The van der Waals surface area contributed by atoms with E-state index in [2.05, 4.69) is 0 Å². The summed E-state index contributed by atoms with van der Waals surface area (Å²) in [6.45, 7) is 0.456. The number of halogens is 2. The minimum absolute atomic E-state index is 0.456. The van der Waals surface area contributed by atoms with Gasteiger partial charge in [-0.15, -0.1) is 11.3 Å². The topological polar surface area (TPSA) is 26.0 Å². The van der Waals surface area contributed by atoms with Gasteiger partial charge in [-0.25, -0.2) is 0 Å². The fourth-order valence-electron chi connectivity index (χ4n) is 1.35. The van der Waals surface area contributed by atoms with Gasteiger partial charge < -0.3 is 5.73 Å². The average Bonchev–Trinajstić information content (AvgIpc) is 2.64. The molecule has 2 N–H and O–H groups in total. The molecule has 0 saturated carbocycles. The summed E-state index contributed by atoms with van der Waals surface area (Å²) >= 11 is 13.7. The van der Waals surface area contributed by atoms with Crippen LogP contribution >= 0.6 is 34.5 Å². The zero-order valence-electron chi connectivity index (χ0n) is 7.84. The molecule has 78 valence electrons. The van der Waals surface area contributed by atoms with Gasteiger partial charge >= 0.3 is 0 Å². The van der Waals surface area contributed by atoms with Crippen molar-refractivity contribution in [3.8, 4) is 10.4 Å². The predicted octanol–water partition coefficient (Wildman–Crippen LogP) is 4.18. The minimum atomic E-state index is 0.456. The fourth-order valence-corrected chi connectivity index (χ4v) is 2.78. The number of nitrogens with two attached hydrogens (primary N) is 1. The van der Waals surface area contributed by atoms with Crippen LogP contribution in [0, 0.1) is 0 Å². The molecule has 15 heavy (non-hydrogen) atoms. The molecule has 0 aliphatic carbocycles. The number of benzene rings is 1. The Morgan fingerprint density at radius 2 is 1.93 bits per heavy atom. The monoisotopic (exact) mass is 257 g/mol. The first-order chi connectivity index (χ1) is 7.22. The highest BCUT2D eigenvalue weighted by molar-refractivity contribution is 7.14. The normalized spacial score (nSPS) is 10.6. The van der Waals surface area contributed by atoms with E-state index in [1.165, 1.54) is 0 Å². The van der Waals surface area contributed by atoms with Gasteiger partial charge in [-0.3, -0.25) is 0 Å². The van der Waals surface area contributed by atoms with Gasteiger partial charge in [0.25, 0.3) is 0 Å². The van der Waals surface area contributed by atoms with E-state index in [1.54, 1.807) is 11.3 Å². The maximum Gasteiger partial charge on any atom is 0.0592 e. The quantitative estimate of drug-likeness (QED) is 0.859. The molecule has 0 unspecified atom stereocenters. The molecule has 1 aromatic heterocycles. The molecule has 2 aromatic rings. The molecule has 0 atom stereocenters. The number of thiophene rings is 1. The third-order valence-electron chi connectivity index (χ3n) is 2.15. The highest BCUT2D eigenvalue weighted by atomic mass is 35.5. The van der Waals surface area contributed by atoms with Crippen LogP contribution in [0.25, 0.3) is 10.4 Å². The molecule has 0 amide bonds. The van der Waals surface area contributed by atoms with Crippen molar-refractivity contribution >= 4 is 34.5 Å². The zero-order valence-corrected chi connectivity index (χ0v) is 10.2. The fraction of sp³-hybridized carbons (Fsp3) is 0.0909. The van der Waals surface area contributed by atoms with E-state index in [1.807, 2.05) is 29.6 Å². The molecular formula is C11H9Cl2NS. The van der Waals surface area contributed by atoms with Crippen LogP contribution in [0.1, 0.15) is 5.56 Å². The van der Waals surface area contributed by atoms with Gasteiger partial charge in [0.2, 0.25) is 0 Å². The molecule has 1 nitrogen and oxygen atoms in total. The third-order valence-corrected chi connectivity index (χ3v) is 3.89. The Labute approximate surface area is 102 Å². The Bertz CT molecular complexity index is 479. The lowest BCUT2D eigenvalue weighted by molar-refractivity contribution is 1.07. The molecule has 0 radical (unpaired) electrons. The molecule has 1 heterocycles. The lowest BCUT2D eigenvalue weighted by Crippen LogP contribution is -1.96. The summed E-state index contributed by atoms with van der Waals surface area (Å²) in [5.74, 6) is 0. The van der Waals surface area contributed by atoms with Gasteiger partial charge in [0, 0.05) is 11.6 Å². The van der Waals surface area contributed by atoms with Gasteiger partial charge in [0.15, 0.2) is 0 Å². The molecule has 0 bridgehead atoms. The summed E-state index contributed by atoms with van der Waals surface area (Å²) in [6, 6.07) is 7.72. The second-order valence-electron chi connectivity index (χ2n) is 3.11. The largest absolute Gasteiger partial charge is 0.326 e. The summed E-state index contributed by atoms with van der Waals surface area (Å²) in [5, 5.41) is 3.42. The Hall–Kier alpha value is -0.540. The molecule has 1 aromatic carbocycles. The predicted molar refractivity (Wildman–Crippen MR) is 67.7 cm³/mol. The molecule has 0 saturated heterocycles. The van der Waals surface area contributed by atoms with Crippen LogP contribution in [0.5, 0.6) is 0 Å². The molecule has 0 aliphatic heterocycles. The van der Waals surface area contributed by atoms with Crippen molar-refractivity contribution in [3.05, 3.63) is 45.3 Å². The van der Waals surface area contributed by atoms with E-state index < -0.39 is 0 Å². The Kier molecular flexibility index (Phi) is 3.32. The molecule has 0 aliphatic rings. The molecular weight excluding hydrogens is 249 g/mol. The van der Waals surface area contributed by atoms with Gasteiger partial charge in [-0.1, -0.05) is 35.3 Å². The highest BCUT2D eigenvalue weighted by Crippen LogP contribution is 2.34. The van der Waals surface area contributed by atoms with Gasteiger partial charge in [-0.05, 0) is 28.6 Å². The number of rotatable bonds is 2. The van der Waals surface area contributed by atoms with Crippen molar-refractivity contribution in [2.75, 3.05) is 0 Å². The number of hydrogen-bond acceptors (Lipinski definition) is 2. The van der Waals surface area contributed by atoms with Crippen molar-refractivity contribution in [2.24, 2.45) is 5.73 Å². The first-order valence-corrected chi connectivity index (χ1v) is 6.08. The second-order valence-corrected chi connectivity index (χ2v) is 4.84. The molecule has 0 spiro atoms. The van der Waals surface area contributed by atoms with E-state index in [0.717, 1.165) is 21.0 Å². The standard InChI is InChI=1S/C11H9Cl2NS/c12-9-3-4-15-11(9)7-1-2-8(6-14)10(13)5-7/h1-5H,6,14H2. The zero-order chi connectivity index (χ0) is 10.8. The lowest BCUT2D eigenvalue weighted by Gasteiger charge is -2.04. The smallest absolute Gasteiger partial charge is 0.0592 e. The molecule has 0 fully saturated rings. The Morgan fingerprint density at radius 3 is 2.47 bits per heavy atom. The van der Waals surface area contributed by atoms with E-state index >= 15 is 0 Å². The van der Waals surface area contributed by atoms with Crippen molar-refractivity contribution in [1.82, 2.24) is 0 Å². The summed E-state index contributed by atoms with van der Waals surface area (Å²) in [5.41, 5.74) is 7.53. The van der Waals surface area contributed by atoms with Gasteiger partial charge in [0.05, 0.1) is 9.90 Å². The van der Waals surface area contributed by atoms with E-state index in [4.69, 9.17) is 28.9 Å². The van der Waals surface area contributed by atoms with E-state index in [-0.39, 0.29) is 0 Å². The van der Waals surface area contributed by atoms with Crippen LogP contribution in [-0.4, -0.2) is 0 Å². The summed E-state index contributed by atoms with van der Waals surface area (Å²) in [4.78, 5) is 1.04. The van der Waals surface area contributed by atoms with Crippen LogP contribution in [0.4, 0.5) is 0 Å². The van der Waals surface area contributed by atoms with Crippen LogP contribution in [0.3, 0.4) is 0 Å². The second kappa shape index (κ2) is 4.54. The summed E-state index contributed by atoms with van der Waals surface area (Å²) in [6.07, 6.45) is 0. The SMILES string of the molecule is NCc1ccc(-c2sccc2Cl)cc1Cl. The van der Waals surface area contributed by atoms with Crippen LogP contribution in [0.15, 0.2) is 29.6 Å². The van der Waals surface area contributed by atoms with Crippen LogP contribution < -0.4 is 5.73 Å². The van der Waals surface area contributed by atoms with Crippen molar-refractivity contribution in [2.45, 2.75) is 6.54 Å².